The van der Waals surface area contributed by atoms with Crippen LogP contribution in [0.2, 0.25) is 0 Å². The van der Waals surface area contributed by atoms with Gasteiger partial charge in [0.1, 0.15) is 0 Å². The van der Waals surface area contributed by atoms with Gasteiger partial charge in [-0.25, -0.2) is 0 Å². The van der Waals surface area contributed by atoms with Gasteiger partial charge in [-0.2, -0.15) is 0 Å². The normalized spacial score (nSPS) is 28.8. The molecular formula is C19H31NO4. The van der Waals surface area contributed by atoms with Gasteiger partial charge in [0.05, 0.1) is 31.4 Å². The van der Waals surface area contributed by atoms with Gasteiger partial charge < -0.3 is 14.6 Å². The van der Waals surface area contributed by atoms with Crippen molar-refractivity contribution in [1.29, 1.82) is 0 Å². The Hall–Kier alpha value is -1.43. The minimum atomic E-state index is -0.885. The molecule has 1 aliphatic rings. The quantitative estimate of drug-likeness (QED) is 0.633. The van der Waals surface area contributed by atoms with Crippen LogP contribution in [0, 0.1) is 5.92 Å². The Labute approximate surface area is 145 Å². The summed E-state index contributed by atoms with van der Waals surface area (Å²) in [5, 5.41) is 12.0. The Morgan fingerprint density at radius 3 is 2.75 bits per heavy atom. The SMILES string of the molecule is CCCC=CC=CC=C(C)C1OCC(C)C(OC)C1NCC(=O)O. The summed E-state index contributed by atoms with van der Waals surface area (Å²) in [6, 6.07) is -0.185. The van der Waals surface area contributed by atoms with Crippen LogP contribution in [0.25, 0.3) is 0 Å². The fourth-order valence-electron chi connectivity index (χ4n) is 2.91. The highest BCUT2D eigenvalue weighted by molar-refractivity contribution is 5.69. The molecule has 24 heavy (non-hydrogen) atoms. The summed E-state index contributed by atoms with van der Waals surface area (Å²) in [5.41, 5.74) is 1.05. The van der Waals surface area contributed by atoms with E-state index in [1.165, 1.54) is 0 Å². The third-order valence-corrected chi connectivity index (χ3v) is 4.16. The second kappa shape index (κ2) is 11.2. The predicted molar refractivity (Wildman–Crippen MR) is 96.1 cm³/mol. The molecular weight excluding hydrogens is 306 g/mol. The van der Waals surface area contributed by atoms with Gasteiger partial charge in [-0.1, -0.05) is 50.6 Å². The number of ether oxygens (including phenoxy) is 2. The lowest BCUT2D eigenvalue weighted by Crippen LogP contribution is -2.58. The van der Waals surface area contributed by atoms with Crippen LogP contribution in [0.15, 0.2) is 36.0 Å². The highest BCUT2D eigenvalue weighted by Gasteiger charge is 2.39. The van der Waals surface area contributed by atoms with Crippen LogP contribution in [0.5, 0.6) is 0 Å². The molecule has 0 aromatic heterocycles. The summed E-state index contributed by atoms with van der Waals surface area (Å²) in [5.74, 6) is -0.678. The van der Waals surface area contributed by atoms with Crippen LogP contribution in [0.4, 0.5) is 0 Å². The fourth-order valence-corrected chi connectivity index (χ4v) is 2.91. The maximum Gasteiger partial charge on any atom is 0.317 e. The summed E-state index contributed by atoms with van der Waals surface area (Å²) in [4.78, 5) is 10.9. The van der Waals surface area contributed by atoms with E-state index in [0.717, 1.165) is 18.4 Å². The van der Waals surface area contributed by atoms with Gasteiger partial charge in [0, 0.05) is 13.0 Å². The molecule has 0 spiro atoms. The molecule has 1 heterocycles. The molecule has 1 saturated heterocycles. The van der Waals surface area contributed by atoms with Crippen molar-refractivity contribution in [2.45, 2.75) is 51.9 Å². The Kier molecular flexibility index (Phi) is 9.60. The van der Waals surface area contributed by atoms with Crippen molar-refractivity contribution in [1.82, 2.24) is 5.32 Å². The van der Waals surface area contributed by atoms with E-state index in [0.29, 0.717) is 6.61 Å². The van der Waals surface area contributed by atoms with Crippen LogP contribution >= 0.6 is 0 Å². The topological polar surface area (TPSA) is 67.8 Å². The van der Waals surface area contributed by atoms with Crippen LogP contribution in [-0.4, -0.2) is 49.6 Å². The highest BCUT2D eigenvalue weighted by atomic mass is 16.5. The molecule has 5 nitrogen and oxygen atoms in total. The van der Waals surface area contributed by atoms with E-state index in [9.17, 15) is 4.79 Å². The summed E-state index contributed by atoms with van der Waals surface area (Å²) in [6.07, 6.45) is 12.1. The van der Waals surface area contributed by atoms with Crippen molar-refractivity contribution in [3.05, 3.63) is 36.0 Å². The zero-order chi connectivity index (χ0) is 17.9. The Morgan fingerprint density at radius 2 is 2.12 bits per heavy atom. The number of aliphatic carboxylic acids is 1. The maximum absolute atomic E-state index is 10.9. The number of carboxylic acids is 1. The summed E-state index contributed by atoms with van der Waals surface area (Å²) < 4.78 is 11.6. The monoisotopic (exact) mass is 337 g/mol. The lowest BCUT2D eigenvalue weighted by molar-refractivity contribution is -0.138. The molecule has 1 fully saturated rings. The molecule has 5 heteroatoms. The zero-order valence-corrected chi connectivity index (χ0v) is 15.2. The van der Waals surface area contributed by atoms with Crippen molar-refractivity contribution >= 4 is 5.97 Å². The number of rotatable bonds is 9. The molecule has 0 aromatic carbocycles. The maximum atomic E-state index is 10.9. The first kappa shape index (κ1) is 20.6. The van der Waals surface area contributed by atoms with Crippen molar-refractivity contribution < 1.29 is 19.4 Å². The number of hydrogen-bond donors (Lipinski definition) is 2. The number of allylic oxidation sites excluding steroid dienone is 5. The van der Waals surface area contributed by atoms with Crippen molar-refractivity contribution in [3.63, 3.8) is 0 Å². The Morgan fingerprint density at radius 1 is 1.38 bits per heavy atom. The van der Waals surface area contributed by atoms with Crippen molar-refractivity contribution in [2.75, 3.05) is 20.3 Å². The second-order valence-electron chi connectivity index (χ2n) is 6.24. The summed E-state index contributed by atoms with van der Waals surface area (Å²) >= 11 is 0. The fraction of sp³-hybridized carbons (Fsp3) is 0.632. The molecule has 4 atom stereocenters. The standard InChI is InChI=1S/C19H31NO4/c1-5-6-7-8-9-10-11-14(2)19-17(20-12-16(21)22)18(23-4)15(3)13-24-19/h7-11,15,17-20H,5-6,12-13H2,1-4H3,(H,21,22). The van der Waals surface area contributed by atoms with E-state index >= 15 is 0 Å². The molecule has 4 unspecified atom stereocenters. The molecule has 1 aliphatic heterocycles. The van der Waals surface area contributed by atoms with Gasteiger partial charge >= 0.3 is 5.97 Å². The van der Waals surface area contributed by atoms with E-state index in [2.05, 4.69) is 25.2 Å². The van der Waals surface area contributed by atoms with E-state index < -0.39 is 5.97 Å². The van der Waals surface area contributed by atoms with Gasteiger partial charge in [0.2, 0.25) is 0 Å². The van der Waals surface area contributed by atoms with E-state index in [-0.39, 0.29) is 30.7 Å². The molecule has 0 saturated carbocycles. The molecule has 0 amide bonds. The lowest BCUT2D eigenvalue weighted by atomic mass is 9.88. The minimum Gasteiger partial charge on any atom is -0.480 e. The van der Waals surface area contributed by atoms with Crippen molar-refractivity contribution in [2.24, 2.45) is 5.92 Å². The minimum absolute atomic E-state index is 0.0834. The molecule has 0 aromatic rings. The predicted octanol–water partition coefficient (Wildman–Crippen LogP) is 2.94. The van der Waals surface area contributed by atoms with E-state index in [1.54, 1.807) is 7.11 Å². The highest BCUT2D eigenvalue weighted by Crippen LogP contribution is 2.26. The number of nitrogens with one attached hydrogen (secondary N) is 1. The van der Waals surface area contributed by atoms with Crippen molar-refractivity contribution in [3.8, 4) is 0 Å². The molecule has 136 valence electrons. The second-order valence-corrected chi connectivity index (χ2v) is 6.24. The van der Waals surface area contributed by atoms with Crippen LogP contribution in [-0.2, 0) is 14.3 Å². The van der Waals surface area contributed by atoms with Gasteiger partial charge in [-0.15, -0.1) is 0 Å². The molecule has 0 radical (unpaired) electrons. The van der Waals surface area contributed by atoms with Gasteiger partial charge in [-0.05, 0) is 18.9 Å². The number of carboxylic acid groups (broad SMARTS) is 1. The first-order valence-corrected chi connectivity index (χ1v) is 8.60. The first-order chi connectivity index (χ1) is 11.5. The first-order valence-electron chi connectivity index (χ1n) is 8.60. The van der Waals surface area contributed by atoms with Gasteiger partial charge in [0.15, 0.2) is 0 Å². The van der Waals surface area contributed by atoms with Gasteiger partial charge in [-0.3, -0.25) is 10.1 Å². The average molecular weight is 337 g/mol. The smallest absolute Gasteiger partial charge is 0.317 e. The van der Waals surface area contributed by atoms with E-state index in [1.807, 2.05) is 31.2 Å². The molecule has 1 rings (SSSR count). The van der Waals surface area contributed by atoms with Crippen LogP contribution in [0.3, 0.4) is 0 Å². The van der Waals surface area contributed by atoms with Crippen LogP contribution in [0.1, 0.15) is 33.6 Å². The van der Waals surface area contributed by atoms with Gasteiger partial charge in [0.25, 0.3) is 0 Å². The number of methoxy groups -OCH3 is 1. The molecule has 0 aliphatic carbocycles. The molecule has 2 N–H and O–H groups in total. The summed E-state index contributed by atoms with van der Waals surface area (Å²) in [7, 11) is 1.66. The number of carbonyl (C=O) groups is 1. The van der Waals surface area contributed by atoms with E-state index in [4.69, 9.17) is 14.6 Å². The van der Waals surface area contributed by atoms with Crippen LogP contribution < -0.4 is 5.32 Å². The number of hydrogen-bond acceptors (Lipinski definition) is 4. The zero-order valence-electron chi connectivity index (χ0n) is 15.2. The average Bonchev–Trinajstić information content (AvgIpc) is 2.55. The third kappa shape index (κ3) is 6.59. The number of unbranched alkanes of at least 4 members (excludes halogenated alkanes) is 1. The largest absolute Gasteiger partial charge is 0.480 e. The Balaban J connectivity index is 2.80. The Bertz CT molecular complexity index is 470. The molecule has 0 bridgehead atoms. The lowest BCUT2D eigenvalue weighted by Gasteiger charge is -2.41. The third-order valence-electron chi connectivity index (χ3n) is 4.16. The summed E-state index contributed by atoms with van der Waals surface area (Å²) in [6.45, 7) is 6.69.